The summed E-state index contributed by atoms with van der Waals surface area (Å²) in [7, 11) is 0. The maximum absolute atomic E-state index is 13.1. The third-order valence-electron chi connectivity index (χ3n) is 5.58. The van der Waals surface area contributed by atoms with Gasteiger partial charge in [0.2, 0.25) is 5.95 Å². The first-order valence-electron chi connectivity index (χ1n) is 10.9. The van der Waals surface area contributed by atoms with Crippen LogP contribution in [-0.4, -0.2) is 80.8 Å². The van der Waals surface area contributed by atoms with Crippen LogP contribution in [0, 0.1) is 18.2 Å². The van der Waals surface area contributed by atoms with Crippen LogP contribution in [0.25, 0.3) is 0 Å². The van der Waals surface area contributed by atoms with Gasteiger partial charge in [-0.3, -0.25) is 0 Å². The molecule has 0 radical (unpaired) electrons. The lowest BCUT2D eigenvalue weighted by molar-refractivity contribution is -0.193. The highest BCUT2D eigenvalue weighted by Gasteiger charge is 2.42. The number of carboxylic acids is 2. The van der Waals surface area contributed by atoms with Crippen LogP contribution in [0.4, 0.5) is 42.5 Å². The van der Waals surface area contributed by atoms with Crippen molar-refractivity contribution in [3.8, 4) is 0 Å². The second-order valence-electron chi connectivity index (χ2n) is 8.54. The Kier molecular flexibility index (Phi) is 9.75. The number of carboxylic acid groups (broad SMARTS) is 2. The Hall–Kier alpha value is -3.79. The molecule has 2 fully saturated rings. The molecule has 10 nitrogen and oxygen atoms in total. The van der Waals surface area contributed by atoms with Crippen LogP contribution >= 0.6 is 0 Å². The summed E-state index contributed by atoms with van der Waals surface area (Å²) in [5, 5.41) is 22.7. The fourth-order valence-corrected chi connectivity index (χ4v) is 3.87. The van der Waals surface area contributed by atoms with Gasteiger partial charge in [-0.1, -0.05) is 0 Å². The van der Waals surface area contributed by atoms with E-state index in [0.717, 1.165) is 50.5 Å². The Bertz CT molecular complexity index is 1060. The highest BCUT2D eigenvalue weighted by molar-refractivity contribution is 5.73. The summed E-state index contributed by atoms with van der Waals surface area (Å²) in [4.78, 5) is 30.6. The van der Waals surface area contributed by atoms with E-state index in [1.54, 1.807) is 0 Å². The number of carbonyl (C=O) groups is 2. The average molecular weight is 556 g/mol. The van der Waals surface area contributed by atoms with Crippen molar-refractivity contribution in [2.45, 2.75) is 38.5 Å². The zero-order valence-corrected chi connectivity index (χ0v) is 19.8. The second-order valence-corrected chi connectivity index (χ2v) is 8.54. The third-order valence-corrected chi connectivity index (χ3v) is 5.58. The van der Waals surface area contributed by atoms with Gasteiger partial charge in [0.05, 0.1) is 18.1 Å². The molecular weight excluding hydrogens is 533 g/mol. The second kappa shape index (κ2) is 12.2. The quantitative estimate of drug-likeness (QED) is 0.530. The lowest BCUT2D eigenvalue weighted by atomic mass is 9.79. The SMILES string of the molecule is Cc1ccc(N2CCC3(CCCN(c4ncc(F)cn4)C3)C2)nn1.O=C(O)C(F)(F)F.O=C(O)C(F)(F)F. The van der Waals surface area contributed by atoms with Crippen LogP contribution in [0.2, 0.25) is 0 Å². The van der Waals surface area contributed by atoms with E-state index in [9.17, 15) is 30.7 Å². The first-order chi connectivity index (χ1) is 17.5. The normalized spacial score (nSPS) is 19.3. The van der Waals surface area contributed by atoms with Gasteiger partial charge in [-0.2, -0.15) is 31.4 Å². The van der Waals surface area contributed by atoms with Gasteiger partial charge < -0.3 is 20.0 Å². The minimum Gasteiger partial charge on any atom is -0.475 e. The Morgan fingerprint density at radius 3 is 1.87 bits per heavy atom. The predicted molar refractivity (Wildman–Crippen MR) is 117 cm³/mol. The number of alkyl halides is 6. The molecule has 210 valence electrons. The monoisotopic (exact) mass is 556 g/mol. The smallest absolute Gasteiger partial charge is 0.475 e. The van der Waals surface area contributed by atoms with Crippen LogP contribution in [0.3, 0.4) is 0 Å². The molecule has 2 aromatic heterocycles. The lowest BCUT2D eigenvalue weighted by Crippen LogP contribution is -2.45. The molecule has 4 rings (SSSR count). The first-order valence-corrected chi connectivity index (χ1v) is 10.9. The molecule has 2 aromatic rings. The number of aliphatic carboxylic acids is 2. The number of hydrogen-bond donors (Lipinski definition) is 2. The van der Waals surface area contributed by atoms with Crippen molar-refractivity contribution >= 4 is 23.7 Å². The number of hydrogen-bond acceptors (Lipinski definition) is 8. The fraction of sp³-hybridized carbons (Fsp3) is 0.524. The Balaban J connectivity index is 0.000000301. The molecule has 17 heteroatoms. The Morgan fingerprint density at radius 1 is 0.868 bits per heavy atom. The van der Waals surface area contributed by atoms with E-state index in [0.29, 0.717) is 5.95 Å². The molecule has 0 saturated carbocycles. The number of halogens is 7. The Labute approximate surface area is 211 Å². The van der Waals surface area contributed by atoms with Crippen molar-refractivity contribution in [2.24, 2.45) is 5.41 Å². The van der Waals surface area contributed by atoms with E-state index in [4.69, 9.17) is 19.8 Å². The van der Waals surface area contributed by atoms with E-state index >= 15 is 0 Å². The number of anilines is 2. The maximum Gasteiger partial charge on any atom is 0.490 e. The van der Waals surface area contributed by atoms with E-state index in [2.05, 4.69) is 30.0 Å². The van der Waals surface area contributed by atoms with Gasteiger partial charge in [-0.25, -0.2) is 23.9 Å². The molecule has 2 N–H and O–H groups in total. The van der Waals surface area contributed by atoms with Crippen LogP contribution in [0.1, 0.15) is 25.0 Å². The summed E-state index contributed by atoms with van der Waals surface area (Å²) in [5.74, 6) is -4.33. The predicted octanol–water partition coefficient (Wildman–Crippen LogP) is 3.48. The zero-order chi connectivity index (χ0) is 28.7. The molecule has 4 heterocycles. The number of nitrogens with zero attached hydrogens (tertiary/aromatic N) is 6. The van der Waals surface area contributed by atoms with Crippen molar-refractivity contribution in [1.29, 1.82) is 0 Å². The summed E-state index contributed by atoms with van der Waals surface area (Å²) in [6.07, 6.45) is -4.26. The van der Waals surface area contributed by atoms with Gasteiger partial charge in [-0.05, 0) is 38.3 Å². The van der Waals surface area contributed by atoms with Crippen molar-refractivity contribution in [1.82, 2.24) is 20.2 Å². The van der Waals surface area contributed by atoms with E-state index in [1.165, 1.54) is 18.8 Å². The summed E-state index contributed by atoms with van der Waals surface area (Å²) in [6.45, 7) is 5.76. The molecule has 2 aliphatic heterocycles. The van der Waals surface area contributed by atoms with Gasteiger partial charge in [0.25, 0.3) is 0 Å². The molecule has 2 saturated heterocycles. The summed E-state index contributed by atoms with van der Waals surface area (Å²) >= 11 is 0. The molecule has 0 bridgehead atoms. The van der Waals surface area contributed by atoms with Crippen molar-refractivity contribution in [3.63, 3.8) is 0 Å². The number of piperidine rings is 1. The molecule has 1 atom stereocenters. The van der Waals surface area contributed by atoms with Crippen LogP contribution in [-0.2, 0) is 9.59 Å². The molecule has 1 spiro atoms. The van der Waals surface area contributed by atoms with Crippen molar-refractivity contribution in [3.05, 3.63) is 36.0 Å². The molecular formula is C21H23F7N6O4. The highest BCUT2D eigenvalue weighted by Crippen LogP contribution is 2.40. The standard InChI is InChI=1S/C17H21FN6.2C2HF3O2/c1-13-3-4-15(22-21-13)23-8-6-17(11-23)5-2-7-24(12-17)16-19-9-14(18)10-20-16;2*3-2(4,5)1(6)7/h3-4,9-10H,2,5-8,11-12H2,1H3;2*(H,6,7). The van der Waals surface area contributed by atoms with Crippen molar-refractivity contribution < 1.29 is 50.5 Å². The summed E-state index contributed by atoms with van der Waals surface area (Å²) in [6, 6.07) is 4.05. The van der Waals surface area contributed by atoms with Crippen LogP contribution < -0.4 is 9.80 Å². The van der Waals surface area contributed by atoms with Gasteiger partial charge >= 0.3 is 24.3 Å². The van der Waals surface area contributed by atoms with Crippen LogP contribution in [0.5, 0.6) is 0 Å². The average Bonchev–Trinajstić information content (AvgIpc) is 3.22. The van der Waals surface area contributed by atoms with Crippen LogP contribution in [0.15, 0.2) is 24.5 Å². The van der Waals surface area contributed by atoms with E-state index in [-0.39, 0.29) is 5.41 Å². The Morgan fingerprint density at radius 2 is 1.39 bits per heavy atom. The topological polar surface area (TPSA) is 133 Å². The van der Waals surface area contributed by atoms with Gasteiger partial charge in [-0.15, -0.1) is 5.10 Å². The molecule has 38 heavy (non-hydrogen) atoms. The van der Waals surface area contributed by atoms with Crippen molar-refractivity contribution in [2.75, 3.05) is 36.0 Å². The fourth-order valence-electron chi connectivity index (χ4n) is 3.87. The molecule has 0 aliphatic carbocycles. The largest absolute Gasteiger partial charge is 0.490 e. The van der Waals surface area contributed by atoms with E-state index < -0.39 is 30.1 Å². The minimum atomic E-state index is -5.08. The minimum absolute atomic E-state index is 0.225. The third kappa shape index (κ3) is 8.95. The summed E-state index contributed by atoms with van der Waals surface area (Å²) in [5.41, 5.74) is 1.16. The molecule has 0 aromatic carbocycles. The molecule has 0 amide bonds. The lowest BCUT2D eigenvalue weighted by Gasteiger charge is -2.40. The first kappa shape index (κ1) is 30.4. The summed E-state index contributed by atoms with van der Waals surface area (Å²) < 4.78 is 76.5. The zero-order valence-electron chi connectivity index (χ0n) is 19.8. The molecule has 2 aliphatic rings. The number of aromatic nitrogens is 4. The van der Waals surface area contributed by atoms with Gasteiger partial charge in [0, 0.05) is 31.6 Å². The highest BCUT2D eigenvalue weighted by atomic mass is 19.4. The van der Waals surface area contributed by atoms with E-state index in [1.807, 2.05) is 19.1 Å². The maximum atomic E-state index is 13.1. The molecule has 1 unspecified atom stereocenters. The number of rotatable bonds is 2. The number of aryl methyl sites for hydroxylation is 1. The van der Waals surface area contributed by atoms with Gasteiger partial charge in [0.1, 0.15) is 0 Å². The van der Waals surface area contributed by atoms with Gasteiger partial charge in [0.15, 0.2) is 11.6 Å².